The molecule has 2 N–H and O–H groups in total. The predicted octanol–water partition coefficient (Wildman–Crippen LogP) is 5.05. The lowest BCUT2D eigenvalue weighted by Crippen LogP contribution is -2.57. The Bertz CT molecular complexity index is 1910. The van der Waals surface area contributed by atoms with E-state index >= 15 is 9.59 Å². The molecule has 2 saturated heterocycles. The van der Waals surface area contributed by atoms with E-state index in [1.807, 2.05) is 18.2 Å². The van der Waals surface area contributed by atoms with Crippen LogP contribution in [0.3, 0.4) is 0 Å². The highest BCUT2D eigenvalue weighted by molar-refractivity contribution is 9.11. The summed E-state index contributed by atoms with van der Waals surface area (Å²) in [6, 6.07) is 21.7. The number of esters is 1. The van der Waals surface area contributed by atoms with Gasteiger partial charge in [0.15, 0.2) is 0 Å². The van der Waals surface area contributed by atoms with E-state index in [9.17, 15) is 14.7 Å². The number of methoxy groups -OCH3 is 1. The summed E-state index contributed by atoms with van der Waals surface area (Å²) in [5.74, 6) is -4.40. The predicted molar refractivity (Wildman–Crippen MR) is 200 cm³/mol. The minimum absolute atomic E-state index is 0.0323. The number of rotatable bonds is 7. The minimum Gasteiger partial charge on any atom is -0.455 e. The summed E-state index contributed by atoms with van der Waals surface area (Å²) in [6.45, 7) is -0.385. The fourth-order valence-corrected chi connectivity index (χ4v) is 8.93. The quantitative estimate of drug-likeness (QED) is 0.251. The van der Waals surface area contributed by atoms with Gasteiger partial charge in [-0.1, -0.05) is 100 Å². The van der Waals surface area contributed by atoms with Gasteiger partial charge < -0.3 is 34.4 Å². The summed E-state index contributed by atoms with van der Waals surface area (Å²) in [5, 5.41) is 14.4. The zero-order valence-corrected chi connectivity index (χ0v) is 31.2. The fourth-order valence-electron chi connectivity index (χ4n) is 8.07. The Hall–Kier alpha value is -4.33. The summed E-state index contributed by atoms with van der Waals surface area (Å²) < 4.78 is 19.0. The lowest BCUT2D eigenvalue weighted by Gasteiger charge is -2.38. The van der Waals surface area contributed by atoms with Crippen molar-refractivity contribution in [2.75, 3.05) is 31.8 Å². The van der Waals surface area contributed by atoms with Crippen molar-refractivity contribution >= 4 is 56.9 Å². The lowest BCUT2D eigenvalue weighted by atomic mass is 9.74. The van der Waals surface area contributed by atoms with Crippen LogP contribution in [0.5, 0.6) is 0 Å². The number of nitrogens with zero attached hydrogens (tertiary/aromatic N) is 2. The van der Waals surface area contributed by atoms with Gasteiger partial charge in [0.2, 0.25) is 11.8 Å². The largest absolute Gasteiger partial charge is 0.455 e. The minimum atomic E-state index is -1.60. The van der Waals surface area contributed by atoms with Crippen molar-refractivity contribution in [3.63, 3.8) is 0 Å². The zero-order chi connectivity index (χ0) is 37.3. The monoisotopic (exact) mass is 803 g/mol. The highest BCUT2D eigenvalue weighted by Gasteiger charge is 2.75. The smallest absolute Gasteiger partial charge is 0.313 e. The van der Waals surface area contributed by atoms with Crippen LogP contribution < -0.4 is 10.2 Å². The van der Waals surface area contributed by atoms with Crippen molar-refractivity contribution in [1.29, 1.82) is 0 Å². The Kier molecular flexibility index (Phi) is 10.9. The highest BCUT2D eigenvalue weighted by atomic mass is 79.9. The summed E-state index contributed by atoms with van der Waals surface area (Å²) in [5.41, 5.74) is 0.127. The number of aliphatic hydroxyl groups excluding tert-OH is 1. The third kappa shape index (κ3) is 6.83. The van der Waals surface area contributed by atoms with E-state index in [0.29, 0.717) is 32.7 Å². The van der Waals surface area contributed by atoms with Crippen LogP contribution in [-0.4, -0.2) is 84.4 Å². The SMILES string of the molecule is COC[C@H]1NC(=O)CC/C=C\CN(c2ccc(Cl)cc2)C(=O)[C@@H]2N([C@H](CO)c3ccccc3)C(=O)[C@H]3[C@H](C(=O)O[C@@H]1c1ccccc1)[C@H]1O[C@@]23C=C1Br. The average molecular weight is 805 g/mol. The number of fused-ring (bicyclic) bond motifs is 2. The van der Waals surface area contributed by atoms with Crippen molar-refractivity contribution in [3.05, 3.63) is 124 Å². The molecule has 4 aliphatic heterocycles. The molecule has 5 bridgehead atoms. The van der Waals surface area contributed by atoms with Crippen LogP contribution in [0.2, 0.25) is 5.02 Å². The molecule has 3 aromatic carbocycles. The van der Waals surface area contributed by atoms with Crippen LogP contribution in [-0.2, 0) is 33.4 Å². The molecular formula is C40H39BrClN3O8. The second kappa shape index (κ2) is 15.6. The number of hydrogen-bond donors (Lipinski definition) is 2. The van der Waals surface area contributed by atoms with E-state index in [2.05, 4.69) is 21.2 Å². The first-order valence-corrected chi connectivity index (χ1v) is 18.6. The topological polar surface area (TPSA) is 135 Å². The van der Waals surface area contributed by atoms with Crippen molar-refractivity contribution in [3.8, 4) is 0 Å². The molecular weight excluding hydrogens is 766 g/mol. The first kappa shape index (κ1) is 37.0. The third-order valence-corrected chi connectivity index (χ3v) is 11.3. The maximum atomic E-state index is 15.3. The number of likely N-dealkylation sites (tertiary alicyclic amines) is 1. The normalized spacial score (nSPS) is 30.1. The summed E-state index contributed by atoms with van der Waals surface area (Å²) >= 11 is 9.86. The maximum absolute atomic E-state index is 15.3. The lowest BCUT2D eigenvalue weighted by molar-refractivity contribution is -0.162. The number of anilines is 1. The van der Waals surface area contributed by atoms with Crippen molar-refractivity contribution < 1.29 is 38.5 Å². The number of aliphatic hydroxyl groups is 1. The van der Waals surface area contributed by atoms with Gasteiger partial charge in [-0.15, -0.1) is 0 Å². The molecule has 4 aliphatic rings. The number of carbonyl (C=O) groups excluding carboxylic acids is 4. The van der Waals surface area contributed by atoms with E-state index < -0.39 is 72.2 Å². The fraction of sp³-hybridized carbons (Fsp3) is 0.350. The Balaban J connectivity index is 1.39. The molecule has 3 amide bonds. The molecule has 0 aliphatic carbocycles. The number of hydrogen-bond acceptors (Lipinski definition) is 8. The molecule has 7 rings (SSSR count). The van der Waals surface area contributed by atoms with Crippen molar-refractivity contribution in [2.24, 2.45) is 11.8 Å². The average Bonchev–Trinajstić information content (AvgIpc) is 3.76. The molecule has 276 valence electrons. The van der Waals surface area contributed by atoms with Crippen LogP contribution in [0.15, 0.2) is 108 Å². The number of cyclic esters (lactones) is 1. The third-order valence-electron chi connectivity index (χ3n) is 10.4. The number of amides is 3. The first-order valence-electron chi connectivity index (χ1n) is 17.5. The van der Waals surface area contributed by atoms with Crippen LogP contribution in [0, 0.1) is 11.8 Å². The van der Waals surface area contributed by atoms with Gasteiger partial charge in [0.1, 0.15) is 29.8 Å². The van der Waals surface area contributed by atoms with Crippen LogP contribution in [0.1, 0.15) is 36.1 Å². The van der Waals surface area contributed by atoms with Crippen molar-refractivity contribution in [2.45, 2.75) is 48.8 Å². The Morgan fingerprint density at radius 2 is 1.66 bits per heavy atom. The van der Waals surface area contributed by atoms with E-state index in [1.54, 1.807) is 84.9 Å². The molecule has 13 heteroatoms. The number of carbonyl (C=O) groups is 4. The molecule has 3 aromatic rings. The van der Waals surface area contributed by atoms with Gasteiger partial charge in [-0.25, -0.2) is 0 Å². The molecule has 0 saturated carbocycles. The van der Waals surface area contributed by atoms with Crippen LogP contribution >= 0.6 is 27.5 Å². The molecule has 1 spiro atoms. The van der Waals surface area contributed by atoms with E-state index in [4.69, 9.17) is 25.8 Å². The highest BCUT2D eigenvalue weighted by Crippen LogP contribution is 2.60. The number of ether oxygens (including phenoxy) is 3. The molecule has 4 heterocycles. The second-order valence-electron chi connectivity index (χ2n) is 13.5. The van der Waals surface area contributed by atoms with Gasteiger partial charge in [0, 0.05) is 35.3 Å². The van der Waals surface area contributed by atoms with Gasteiger partial charge in [-0.05, 0) is 47.9 Å². The number of benzene rings is 3. The van der Waals surface area contributed by atoms with Gasteiger partial charge in [0.25, 0.3) is 5.91 Å². The first-order chi connectivity index (χ1) is 25.7. The molecule has 0 unspecified atom stereocenters. The summed E-state index contributed by atoms with van der Waals surface area (Å²) in [6.07, 6.45) is 3.89. The van der Waals surface area contributed by atoms with E-state index in [0.717, 1.165) is 0 Å². The van der Waals surface area contributed by atoms with E-state index in [1.165, 1.54) is 16.9 Å². The summed E-state index contributed by atoms with van der Waals surface area (Å²) in [7, 11) is 1.50. The molecule has 11 nitrogen and oxygen atoms in total. The second-order valence-corrected chi connectivity index (χ2v) is 14.9. The molecule has 0 aromatic heterocycles. The van der Waals surface area contributed by atoms with Gasteiger partial charge >= 0.3 is 5.97 Å². The van der Waals surface area contributed by atoms with E-state index in [-0.39, 0.29) is 25.5 Å². The van der Waals surface area contributed by atoms with Crippen LogP contribution in [0.4, 0.5) is 5.69 Å². The molecule has 2 fully saturated rings. The van der Waals surface area contributed by atoms with Gasteiger partial charge in [-0.2, -0.15) is 0 Å². The Labute approximate surface area is 320 Å². The Morgan fingerprint density at radius 3 is 2.34 bits per heavy atom. The van der Waals surface area contributed by atoms with Gasteiger partial charge in [0.05, 0.1) is 31.2 Å². The van der Waals surface area contributed by atoms with Crippen molar-refractivity contribution in [1.82, 2.24) is 10.2 Å². The molecule has 8 atom stereocenters. The Morgan fingerprint density at radius 1 is 0.962 bits per heavy atom. The van der Waals surface area contributed by atoms with Gasteiger partial charge in [-0.3, -0.25) is 19.2 Å². The number of halogens is 2. The number of allylic oxidation sites excluding steroid dienone is 1. The van der Waals surface area contributed by atoms with Crippen LogP contribution in [0.25, 0.3) is 0 Å². The maximum Gasteiger partial charge on any atom is 0.313 e. The zero-order valence-electron chi connectivity index (χ0n) is 28.8. The standard InChI is InChI=1S/C40H39BrClN3O8/c1-51-23-29-34(25-13-7-3-8-14-25)52-39(50)32-33-37(48)45(30(22-46)24-11-5-2-6-12-24)36(40(33)21-28(41)35(32)53-40)38(49)44(27-18-16-26(42)17-19-27)20-10-4-9-15-31(47)43-29/h2-8,10-14,16-19,21,29-30,32-36,46H,9,15,20,22-23H2,1H3,(H,43,47)/b10-4-/t29-,30-,32+,33-,34-,35+,36+,40-/m1/s1. The number of nitrogens with one attached hydrogen (secondary N) is 1. The molecule has 53 heavy (non-hydrogen) atoms. The molecule has 0 radical (unpaired) electrons. The summed E-state index contributed by atoms with van der Waals surface area (Å²) in [4.78, 5) is 61.2.